The first-order valence-electron chi connectivity index (χ1n) is 10.0. The Labute approximate surface area is 180 Å². The van der Waals surface area contributed by atoms with Crippen LogP contribution in [0.2, 0.25) is 0 Å². The van der Waals surface area contributed by atoms with Gasteiger partial charge < -0.3 is 10.1 Å². The van der Waals surface area contributed by atoms with E-state index in [1.807, 2.05) is 60.7 Å². The van der Waals surface area contributed by atoms with Crippen LogP contribution < -0.4 is 15.6 Å². The number of carbonyl (C=O) groups is 1. The van der Waals surface area contributed by atoms with Crippen LogP contribution in [0.5, 0.6) is 5.75 Å². The number of aromatic nitrogens is 2. The first-order valence-corrected chi connectivity index (χ1v) is 10.0. The third-order valence-electron chi connectivity index (χ3n) is 5.24. The van der Waals surface area contributed by atoms with Crippen LogP contribution in [0.1, 0.15) is 23.0 Å². The van der Waals surface area contributed by atoms with Gasteiger partial charge in [-0.15, -0.1) is 0 Å². The maximum Gasteiger partial charge on any atom is 0.261 e. The van der Waals surface area contributed by atoms with Gasteiger partial charge in [-0.3, -0.25) is 14.2 Å². The number of benzene rings is 3. The van der Waals surface area contributed by atoms with Crippen LogP contribution in [0.25, 0.3) is 10.9 Å². The third-order valence-corrected chi connectivity index (χ3v) is 5.24. The van der Waals surface area contributed by atoms with Crippen LogP contribution in [0.4, 0.5) is 0 Å². The molecule has 156 valence electrons. The molecule has 1 aromatic heterocycles. The Morgan fingerprint density at radius 1 is 0.968 bits per heavy atom. The number of nitrogens with one attached hydrogen (secondary N) is 1. The summed E-state index contributed by atoms with van der Waals surface area (Å²) in [6.07, 6.45) is 0. The summed E-state index contributed by atoms with van der Waals surface area (Å²) in [5, 5.41) is 3.57. The minimum Gasteiger partial charge on any atom is -0.497 e. The summed E-state index contributed by atoms with van der Waals surface area (Å²) in [5.41, 5.74) is 2.27. The topological polar surface area (TPSA) is 73.2 Å². The van der Waals surface area contributed by atoms with Crippen molar-refractivity contribution in [2.75, 3.05) is 7.11 Å². The molecule has 0 saturated carbocycles. The van der Waals surface area contributed by atoms with E-state index in [-0.39, 0.29) is 24.1 Å². The first kappa shape index (κ1) is 20.3. The maximum absolute atomic E-state index is 13.0. The molecule has 0 saturated heterocycles. The van der Waals surface area contributed by atoms with Gasteiger partial charge in [0.2, 0.25) is 5.91 Å². The molecule has 0 aliphatic carbocycles. The lowest BCUT2D eigenvalue weighted by atomic mass is 9.98. The summed E-state index contributed by atoms with van der Waals surface area (Å²) in [5.74, 6) is 0.970. The van der Waals surface area contributed by atoms with Gasteiger partial charge in [0.15, 0.2) is 0 Å². The molecule has 1 amide bonds. The number of rotatable bonds is 6. The molecule has 6 heteroatoms. The standard InChI is InChI=1S/C25H23N3O3/c1-17-26-22-11-7-6-10-21(22)25(30)28(17)16-23(29)27-24(18-8-4-3-5-9-18)19-12-14-20(31-2)15-13-19/h3-15,24H,16H2,1-2H3,(H,27,29). The Hall–Kier alpha value is -3.93. The van der Waals surface area contributed by atoms with E-state index >= 15 is 0 Å². The number of amides is 1. The number of ether oxygens (including phenoxy) is 1. The number of methoxy groups -OCH3 is 1. The SMILES string of the molecule is COc1ccc(C(NC(=O)Cn2c(C)nc3ccccc3c2=O)c2ccccc2)cc1. The summed E-state index contributed by atoms with van der Waals surface area (Å²) >= 11 is 0. The fraction of sp³-hybridized carbons (Fsp3) is 0.160. The quantitative estimate of drug-likeness (QED) is 0.524. The second kappa shape index (κ2) is 8.83. The zero-order valence-electron chi connectivity index (χ0n) is 17.4. The van der Waals surface area contributed by atoms with Crippen LogP contribution in [0, 0.1) is 6.92 Å². The second-order valence-corrected chi connectivity index (χ2v) is 7.25. The number of hydrogen-bond donors (Lipinski definition) is 1. The van der Waals surface area contributed by atoms with Crippen LogP contribution in [-0.2, 0) is 11.3 Å². The van der Waals surface area contributed by atoms with Crippen molar-refractivity contribution in [3.63, 3.8) is 0 Å². The van der Waals surface area contributed by atoms with E-state index in [9.17, 15) is 9.59 Å². The first-order chi connectivity index (χ1) is 15.1. The molecule has 31 heavy (non-hydrogen) atoms. The molecule has 6 nitrogen and oxygen atoms in total. The summed E-state index contributed by atoms with van der Waals surface area (Å²) in [4.78, 5) is 30.4. The Morgan fingerprint density at radius 3 is 2.32 bits per heavy atom. The molecule has 0 radical (unpaired) electrons. The third kappa shape index (κ3) is 4.33. The summed E-state index contributed by atoms with van der Waals surface area (Å²) < 4.78 is 6.65. The predicted octanol–water partition coefficient (Wildman–Crippen LogP) is 3.62. The van der Waals surface area contributed by atoms with Gasteiger partial charge in [0.1, 0.15) is 18.1 Å². The molecule has 1 atom stereocenters. The van der Waals surface area contributed by atoms with Crippen LogP contribution >= 0.6 is 0 Å². The average Bonchev–Trinajstić information content (AvgIpc) is 2.81. The van der Waals surface area contributed by atoms with Crippen molar-refractivity contribution in [1.29, 1.82) is 0 Å². The normalized spacial score (nSPS) is 11.8. The Morgan fingerprint density at radius 2 is 1.61 bits per heavy atom. The molecule has 1 unspecified atom stereocenters. The number of aryl methyl sites for hydroxylation is 1. The summed E-state index contributed by atoms with van der Waals surface area (Å²) in [6.45, 7) is 1.63. The molecule has 3 aromatic carbocycles. The average molecular weight is 413 g/mol. The van der Waals surface area contributed by atoms with Crippen molar-refractivity contribution >= 4 is 16.8 Å². The van der Waals surface area contributed by atoms with Gasteiger partial charge in [-0.2, -0.15) is 0 Å². The number of fused-ring (bicyclic) bond motifs is 1. The number of nitrogens with zero attached hydrogens (tertiary/aromatic N) is 2. The molecule has 0 bridgehead atoms. The molecule has 0 aliphatic heterocycles. The highest BCUT2D eigenvalue weighted by Crippen LogP contribution is 2.24. The van der Waals surface area contributed by atoms with Crippen LogP contribution in [0.15, 0.2) is 83.7 Å². The minimum absolute atomic E-state index is 0.109. The zero-order valence-corrected chi connectivity index (χ0v) is 17.4. The Balaban J connectivity index is 1.64. The van der Waals surface area contributed by atoms with Gasteiger partial charge in [0.05, 0.1) is 24.1 Å². The molecular weight excluding hydrogens is 390 g/mol. The van der Waals surface area contributed by atoms with Crippen molar-refractivity contribution in [2.24, 2.45) is 0 Å². The molecule has 1 heterocycles. The Kier molecular flexibility index (Phi) is 5.80. The van der Waals surface area contributed by atoms with Gasteiger partial charge in [-0.1, -0.05) is 54.6 Å². The maximum atomic E-state index is 13.0. The van der Waals surface area contributed by atoms with Gasteiger partial charge in [-0.25, -0.2) is 4.98 Å². The van der Waals surface area contributed by atoms with Gasteiger partial charge in [-0.05, 0) is 42.3 Å². The van der Waals surface area contributed by atoms with E-state index in [0.29, 0.717) is 16.7 Å². The van der Waals surface area contributed by atoms with E-state index in [1.165, 1.54) is 4.57 Å². The molecule has 0 fully saturated rings. The van der Waals surface area contributed by atoms with Gasteiger partial charge >= 0.3 is 0 Å². The molecule has 4 rings (SSSR count). The lowest BCUT2D eigenvalue weighted by Gasteiger charge is -2.21. The second-order valence-electron chi connectivity index (χ2n) is 7.25. The largest absolute Gasteiger partial charge is 0.497 e. The molecular formula is C25H23N3O3. The van der Waals surface area contributed by atoms with Crippen LogP contribution in [0.3, 0.4) is 0 Å². The molecule has 0 aliphatic rings. The van der Waals surface area contributed by atoms with Crippen molar-refractivity contribution in [3.8, 4) is 5.75 Å². The monoisotopic (exact) mass is 413 g/mol. The van der Waals surface area contributed by atoms with E-state index in [2.05, 4.69) is 10.3 Å². The van der Waals surface area contributed by atoms with Crippen molar-refractivity contribution in [1.82, 2.24) is 14.9 Å². The molecule has 1 N–H and O–H groups in total. The minimum atomic E-state index is -0.357. The fourth-order valence-corrected chi connectivity index (χ4v) is 3.62. The number of para-hydroxylation sites is 1. The summed E-state index contributed by atoms with van der Waals surface area (Å²) in [6, 6.07) is 24.1. The lowest BCUT2D eigenvalue weighted by molar-refractivity contribution is -0.122. The highest BCUT2D eigenvalue weighted by molar-refractivity contribution is 5.79. The van der Waals surface area contributed by atoms with E-state index in [4.69, 9.17) is 4.74 Å². The van der Waals surface area contributed by atoms with E-state index in [1.54, 1.807) is 32.2 Å². The van der Waals surface area contributed by atoms with Crippen LogP contribution in [-0.4, -0.2) is 22.6 Å². The smallest absolute Gasteiger partial charge is 0.261 e. The highest BCUT2D eigenvalue weighted by atomic mass is 16.5. The fourth-order valence-electron chi connectivity index (χ4n) is 3.62. The van der Waals surface area contributed by atoms with E-state index in [0.717, 1.165) is 16.9 Å². The van der Waals surface area contributed by atoms with Crippen molar-refractivity contribution in [3.05, 3.63) is 106 Å². The summed E-state index contributed by atoms with van der Waals surface area (Å²) in [7, 11) is 1.61. The van der Waals surface area contributed by atoms with E-state index < -0.39 is 0 Å². The van der Waals surface area contributed by atoms with Crippen molar-refractivity contribution in [2.45, 2.75) is 19.5 Å². The molecule has 0 spiro atoms. The Bertz CT molecular complexity index is 1260. The lowest BCUT2D eigenvalue weighted by Crippen LogP contribution is -2.36. The number of carbonyl (C=O) groups excluding carboxylic acids is 1. The predicted molar refractivity (Wildman–Crippen MR) is 120 cm³/mol. The number of hydrogen-bond acceptors (Lipinski definition) is 4. The highest BCUT2D eigenvalue weighted by Gasteiger charge is 2.18. The zero-order chi connectivity index (χ0) is 21.8. The molecule has 4 aromatic rings. The van der Waals surface area contributed by atoms with Crippen molar-refractivity contribution < 1.29 is 9.53 Å². The van der Waals surface area contributed by atoms with Gasteiger partial charge in [0.25, 0.3) is 5.56 Å². The van der Waals surface area contributed by atoms with Gasteiger partial charge in [0, 0.05) is 0 Å².